The van der Waals surface area contributed by atoms with Gasteiger partial charge in [-0.2, -0.15) is 0 Å². The molecule has 1 saturated heterocycles. The number of halogens is 1. The summed E-state index contributed by atoms with van der Waals surface area (Å²) in [5, 5.41) is 12.1. The van der Waals surface area contributed by atoms with E-state index < -0.39 is 6.10 Å². The van der Waals surface area contributed by atoms with Crippen molar-refractivity contribution in [1.29, 1.82) is 0 Å². The number of aromatic nitrogens is 1. The number of aliphatic hydroxyl groups excluding tert-OH is 1. The van der Waals surface area contributed by atoms with Crippen molar-refractivity contribution in [1.82, 2.24) is 14.8 Å². The second-order valence-corrected chi connectivity index (χ2v) is 9.41. The molecule has 8 heteroatoms. The fraction of sp³-hybridized carbons (Fsp3) is 0.423. The van der Waals surface area contributed by atoms with Gasteiger partial charge >= 0.3 is 0 Å². The number of carbonyl (C=O) groups is 1. The highest BCUT2D eigenvalue weighted by Gasteiger charge is 2.31. The third kappa shape index (κ3) is 4.93. The van der Waals surface area contributed by atoms with Gasteiger partial charge in [0.2, 0.25) is 6.41 Å². The first kappa shape index (κ1) is 23.2. The van der Waals surface area contributed by atoms with Crippen LogP contribution in [0.15, 0.2) is 42.5 Å². The monoisotopic (exact) mass is 483 g/mol. The summed E-state index contributed by atoms with van der Waals surface area (Å²) in [6.45, 7) is 4.93. The molecule has 3 aromatic rings. The topological polar surface area (TPSA) is 78.0 Å². The molecule has 0 spiro atoms. The number of morpholine rings is 1. The highest BCUT2D eigenvalue weighted by molar-refractivity contribution is 6.31. The molecule has 7 nitrogen and oxygen atoms in total. The van der Waals surface area contributed by atoms with Crippen molar-refractivity contribution in [2.75, 3.05) is 46.0 Å². The van der Waals surface area contributed by atoms with Gasteiger partial charge in [0, 0.05) is 54.2 Å². The third-order valence-corrected chi connectivity index (χ3v) is 6.99. The van der Waals surface area contributed by atoms with E-state index in [4.69, 9.17) is 21.1 Å². The van der Waals surface area contributed by atoms with Crippen LogP contribution in [0.5, 0.6) is 5.75 Å². The number of nitrogens with one attached hydrogen (secondary N) is 1. The molecule has 0 bridgehead atoms. The SMILES string of the molecule is O=CN1CCc2c([nH]c3ccc(Cl)cc23)C1c1ccc(OCCC(O)CN2CCOCC2)cc1. The summed E-state index contributed by atoms with van der Waals surface area (Å²) in [4.78, 5) is 19.4. The lowest BCUT2D eigenvalue weighted by Crippen LogP contribution is -2.41. The summed E-state index contributed by atoms with van der Waals surface area (Å²) in [6.07, 6.45) is 1.86. The van der Waals surface area contributed by atoms with Crippen LogP contribution in [0.4, 0.5) is 0 Å². The van der Waals surface area contributed by atoms with E-state index >= 15 is 0 Å². The molecule has 2 unspecified atom stereocenters. The van der Waals surface area contributed by atoms with Gasteiger partial charge < -0.3 is 24.5 Å². The van der Waals surface area contributed by atoms with Gasteiger partial charge in [-0.3, -0.25) is 9.69 Å². The van der Waals surface area contributed by atoms with E-state index in [1.165, 1.54) is 5.56 Å². The van der Waals surface area contributed by atoms with Crippen molar-refractivity contribution in [3.63, 3.8) is 0 Å². The van der Waals surface area contributed by atoms with E-state index in [0.717, 1.165) is 67.0 Å². The lowest BCUT2D eigenvalue weighted by Gasteiger charge is -2.33. The van der Waals surface area contributed by atoms with Crippen LogP contribution in [0.1, 0.15) is 29.3 Å². The molecule has 0 aliphatic carbocycles. The Balaban J connectivity index is 1.25. The van der Waals surface area contributed by atoms with Crippen molar-refractivity contribution in [2.45, 2.75) is 25.0 Å². The molecule has 2 aliphatic rings. The number of amides is 1. The summed E-state index contributed by atoms with van der Waals surface area (Å²) < 4.78 is 11.2. The highest BCUT2D eigenvalue weighted by atomic mass is 35.5. The van der Waals surface area contributed by atoms with Gasteiger partial charge in [-0.15, -0.1) is 0 Å². The number of hydrogen-bond donors (Lipinski definition) is 2. The minimum absolute atomic E-state index is 0.183. The maximum atomic E-state index is 11.9. The van der Waals surface area contributed by atoms with E-state index in [1.54, 1.807) is 0 Å². The minimum atomic E-state index is -0.422. The molecule has 5 rings (SSSR count). The van der Waals surface area contributed by atoms with Crippen molar-refractivity contribution in [2.24, 2.45) is 0 Å². The van der Waals surface area contributed by atoms with E-state index in [9.17, 15) is 9.90 Å². The number of carbonyl (C=O) groups excluding carboxylic acids is 1. The molecule has 2 atom stereocenters. The fourth-order valence-corrected chi connectivity index (χ4v) is 5.16. The van der Waals surface area contributed by atoms with Crippen molar-refractivity contribution < 1.29 is 19.4 Å². The highest BCUT2D eigenvalue weighted by Crippen LogP contribution is 2.38. The van der Waals surface area contributed by atoms with Crippen molar-refractivity contribution in [3.8, 4) is 5.75 Å². The largest absolute Gasteiger partial charge is 0.493 e. The number of ether oxygens (including phenoxy) is 2. The van der Waals surface area contributed by atoms with E-state index in [0.29, 0.717) is 31.1 Å². The number of aliphatic hydroxyl groups is 1. The summed E-state index contributed by atoms with van der Waals surface area (Å²) in [6, 6.07) is 13.6. The van der Waals surface area contributed by atoms with Crippen molar-refractivity contribution in [3.05, 3.63) is 64.3 Å². The smallest absolute Gasteiger partial charge is 0.210 e. The van der Waals surface area contributed by atoms with Gasteiger partial charge in [0.1, 0.15) is 5.75 Å². The number of β-amino-alcohol motifs (C(OH)–C–C–N with tert-alkyl or cyclic N) is 1. The van der Waals surface area contributed by atoms with Gasteiger partial charge in [0.25, 0.3) is 0 Å². The second-order valence-electron chi connectivity index (χ2n) is 8.98. The molecule has 1 amide bonds. The maximum absolute atomic E-state index is 11.9. The van der Waals surface area contributed by atoms with E-state index in [1.807, 2.05) is 47.4 Å². The van der Waals surface area contributed by atoms with Crippen molar-refractivity contribution >= 4 is 28.9 Å². The number of benzene rings is 2. The lowest BCUT2D eigenvalue weighted by molar-refractivity contribution is -0.120. The minimum Gasteiger partial charge on any atom is -0.493 e. The molecule has 2 aromatic carbocycles. The molecule has 2 N–H and O–H groups in total. The summed E-state index contributed by atoms with van der Waals surface area (Å²) in [5.74, 6) is 0.749. The third-order valence-electron chi connectivity index (χ3n) is 6.75. The van der Waals surface area contributed by atoms with E-state index in [-0.39, 0.29) is 6.04 Å². The van der Waals surface area contributed by atoms with Crippen LogP contribution >= 0.6 is 11.6 Å². The number of hydrogen-bond acceptors (Lipinski definition) is 5. The Labute approximate surface area is 204 Å². The lowest BCUT2D eigenvalue weighted by atomic mass is 9.93. The van der Waals surface area contributed by atoms with Crippen LogP contribution in [0.3, 0.4) is 0 Å². The molecule has 3 heterocycles. The summed E-state index contributed by atoms with van der Waals surface area (Å²) in [5.41, 5.74) is 4.30. The Kier molecular flexibility index (Phi) is 7.06. The van der Waals surface area contributed by atoms with Gasteiger partial charge in [0.05, 0.1) is 32.0 Å². The standard InChI is InChI=1S/C26H30ClN3O4/c27-19-3-6-24-23(15-19)22-7-9-30(17-31)26(25(22)28-24)18-1-4-21(5-2-18)34-12-8-20(32)16-29-10-13-33-14-11-29/h1-6,15,17,20,26,28,32H,7-14,16H2. The summed E-state index contributed by atoms with van der Waals surface area (Å²) in [7, 11) is 0. The number of nitrogens with zero attached hydrogens (tertiary/aromatic N) is 2. The fourth-order valence-electron chi connectivity index (χ4n) is 4.98. The molecule has 34 heavy (non-hydrogen) atoms. The number of rotatable bonds is 8. The van der Waals surface area contributed by atoms with Crippen LogP contribution < -0.4 is 4.74 Å². The zero-order chi connectivity index (χ0) is 23.5. The number of H-pyrrole nitrogens is 1. The van der Waals surface area contributed by atoms with Crippen LogP contribution in [0.25, 0.3) is 10.9 Å². The molecule has 180 valence electrons. The van der Waals surface area contributed by atoms with Crippen LogP contribution in [-0.2, 0) is 16.0 Å². The molecule has 0 saturated carbocycles. The Morgan fingerprint density at radius 2 is 1.97 bits per heavy atom. The molecule has 0 radical (unpaired) electrons. The average molecular weight is 484 g/mol. The molecule has 2 aliphatic heterocycles. The van der Waals surface area contributed by atoms with Gasteiger partial charge in [-0.1, -0.05) is 23.7 Å². The first-order valence-electron chi connectivity index (χ1n) is 11.8. The zero-order valence-electron chi connectivity index (χ0n) is 19.1. The number of aromatic amines is 1. The van der Waals surface area contributed by atoms with Gasteiger partial charge in [0.15, 0.2) is 0 Å². The first-order valence-corrected chi connectivity index (χ1v) is 12.2. The predicted molar refractivity (Wildman–Crippen MR) is 131 cm³/mol. The first-order chi connectivity index (χ1) is 16.6. The van der Waals surface area contributed by atoms with Crippen LogP contribution in [-0.4, -0.2) is 78.4 Å². The molecule has 1 aromatic heterocycles. The maximum Gasteiger partial charge on any atom is 0.210 e. The van der Waals surface area contributed by atoms with Crippen LogP contribution in [0, 0.1) is 0 Å². The Morgan fingerprint density at radius 3 is 2.74 bits per heavy atom. The van der Waals surface area contributed by atoms with E-state index in [2.05, 4.69) is 9.88 Å². The molecular weight excluding hydrogens is 454 g/mol. The van der Waals surface area contributed by atoms with Gasteiger partial charge in [-0.05, 0) is 47.9 Å². The molecule has 1 fully saturated rings. The Morgan fingerprint density at radius 1 is 1.18 bits per heavy atom. The number of fused-ring (bicyclic) bond motifs is 3. The Bertz CT molecular complexity index is 1130. The summed E-state index contributed by atoms with van der Waals surface area (Å²) >= 11 is 6.24. The van der Waals surface area contributed by atoms with Gasteiger partial charge in [-0.25, -0.2) is 0 Å². The average Bonchev–Trinajstić information content (AvgIpc) is 3.22. The Hall–Kier alpha value is -2.58. The zero-order valence-corrected chi connectivity index (χ0v) is 19.8. The quantitative estimate of drug-likeness (QED) is 0.480. The molecular formula is C26H30ClN3O4. The normalized spacial score (nSPS) is 19.7. The van der Waals surface area contributed by atoms with Crippen LogP contribution in [0.2, 0.25) is 5.02 Å². The second kappa shape index (κ2) is 10.4. The predicted octanol–water partition coefficient (Wildman–Crippen LogP) is 3.39.